The van der Waals surface area contributed by atoms with Crippen LogP contribution in [0, 0.1) is 6.92 Å². The molecule has 0 unspecified atom stereocenters. The summed E-state index contributed by atoms with van der Waals surface area (Å²) in [7, 11) is 8.04. The number of nitrogens with zero attached hydrogens (tertiary/aromatic N) is 10. The van der Waals surface area contributed by atoms with Crippen LogP contribution in [-0.4, -0.2) is 110 Å². The first-order valence-corrected chi connectivity index (χ1v) is 18.8. The second-order valence-corrected chi connectivity index (χ2v) is 14.5. The molecule has 256 valence electrons. The highest BCUT2D eigenvalue weighted by Gasteiger charge is 2.29. The highest BCUT2D eigenvalue weighted by molar-refractivity contribution is 14.1. The van der Waals surface area contributed by atoms with Crippen molar-refractivity contribution < 1.29 is 4.74 Å². The van der Waals surface area contributed by atoms with Crippen LogP contribution in [-0.2, 0) is 6.42 Å². The summed E-state index contributed by atoms with van der Waals surface area (Å²) in [6.07, 6.45) is 10.7. The van der Waals surface area contributed by atoms with E-state index in [1.165, 1.54) is 50.3 Å². The molecule has 0 saturated carbocycles. The molecule has 2 aliphatic rings. The third-order valence-corrected chi connectivity index (χ3v) is 11.5. The molecule has 11 nitrogen and oxygen atoms in total. The van der Waals surface area contributed by atoms with Crippen LogP contribution in [0.15, 0.2) is 42.9 Å². The zero-order valence-electron chi connectivity index (χ0n) is 29.1. The van der Waals surface area contributed by atoms with Gasteiger partial charge in [-0.2, -0.15) is 4.98 Å². The molecule has 48 heavy (non-hydrogen) atoms. The zero-order valence-corrected chi connectivity index (χ0v) is 32.1. The van der Waals surface area contributed by atoms with Crippen molar-refractivity contribution in [3.63, 3.8) is 0 Å². The second kappa shape index (κ2) is 15.2. The molecule has 6 rings (SSSR count). The molecule has 0 N–H and O–H groups in total. The molecular formula is C35H47IN10OS. The average Bonchev–Trinajstić information content (AvgIpc) is 3.13. The van der Waals surface area contributed by atoms with Gasteiger partial charge in [-0.05, 0) is 57.0 Å². The van der Waals surface area contributed by atoms with Crippen molar-refractivity contribution in [3.8, 4) is 5.75 Å². The number of halogens is 1. The van der Waals surface area contributed by atoms with Gasteiger partial charge >= 0.3 is 0 Å². The number of hydrogen-bond donors (Lipinski definition) is 0. The lowest BCUT2D eigenvalue weighted by Crippen LogP contribution is -2.52. The minimum absolute atomic E-state index is 0.596. The van der Waals surface area contributed by atoms with E-state index in [4.69, 9.17) is 14.7 Å². The summed E-state index contributed by atoms with van der Waals surface area (Å²) < 4.78 is 10.3. The minimum Gasteiger partial charge on any atom is -0.494 e. The Hall–Kier alpha value is -3.14. The van der Waals surface area contributed by atoms with Gasteiger partial charge in [-0.25, -0.2) is 4.98 Å². The molecule has 2 aliphatic heterocycles. The van der Waals surface area contributed by atoms with Crippen molar-refractivity contribution in [2.45, 2.75) is 39.2 Å². The molecule has 2 aromatic carbocycles. The van der Waals surface area contributed by atoms with Gasteiger partial charge < -0.3 is 23.7 Å². The summed E-state index contributed by atoms with van der Waals surface area (Å²) in [6, 6.07) is 9.26. The van der Waals surface area contributed by atoms with Crippen LogP contribution < -0.4 is 22.0 Å². The fraction of sp³-hybridized carbons (Fsp3) is 0.486. The third kappa shape index (κ3) is 6.96. The van der Waals surface area contributed by atoms with E-state index in [1.54, 1.807) is 31.5 Å². The fourth-order valence-corrected chi connectivity index (χ4v) is 8.08. The van der Waals surface area contributed by atoms with E-state index in [1.807, 2.05) is 38.2 Å². The van der Waals surface area contributed by atoms with Gasteiger partial charge in [-0.15, -0.1) is 0 Å². The van der Waals surface area contributed by atoms with Crippen LogP contribution in [0.4, 0.5) is 34.5 Å². The van der Waals surface area contributed by atoms with Crippen LogP contribution in [0.2, 0.25) is 0 Å². The Morgan fingerprint density at radius 1 is 0.979 bits per heavy atom. The van der Waals surface area contributed by atoms with Crippen molar-refractivity contribution in [2.24, 2.45) is 0 Å². The maximum atomic E-state index is 6.04. The van der Waals surface area contributed by atoms with Crippen LogP contribution in [0.5, 0.6) is 5.75 Å². The van der Waals surface area contributed by atoms with Gasteiger partial charge in [0.2, 0.25) is 5.95 Å². The summed E-state index contributed by atoms with van der Waals surface area (Å²) in [5.41, 5.74) is 8.15. The Morgan fingerprint density at radius 3 is 2.40 bits per heavy atom. The molecule has 0 bridgehead atoms. The molecule has 13 heteroatoms. The van der Waals surface area contributed by atoms with Crippen LogP contribution in [0.3, 0.4) is 0 Å². The van der Waals surface area contributed by atoms with Gasteiger partial charge in [0.05, 0.1) is 52.6 Å². The number of hydrogen-bond acceptors (Lipinski definition) is 12. The number of benzene rings is 2. The first kappa shape index (κ1) is 34.7. The maximum Gasteiger partial charge on any atom is 0.231 e. The first-order valence-electron chi connectivity index (χ1n) is 16.7. The van der Waals surface area contributed by atoms with E-state index in [-0.39, 0.29) is 0 Å². The zero-order chi connectivity index (χ0) is 33.9. The topological polar surface area (TPSA) is 80.2 Å². The van der Waals surface area contributed by atoms with E-state index in [0.717, 1.165) is 64.7 Å². The highest BCUT2D eigenvalue weighted by Crippen LogP contribution is 2.44. The first-order chi connectivity index (χ1) is 23.2. The number of fused-ring (bicyclic) bond motifs is 1. The SMILES string of the molecule is CCc1cc(N(C)c2ncc(C)c(N(I)c3ccc4nccnc4c3N(C)SC)n2)c(OC)cc1N1CCC(N2CCN(C)CC2)CC1. The van der Waals surface area contributed by atoms with Crippen molar-refractivity contribution in [1.82, 2.24) is 29.7 Å². The van der Waals surface area contributed by atoms with E-state index in [2.05, 4.69) is 93.4 Å². The molecule has 0 radical (unpaired) electrons. The van der Waals surface area contributed by atoms with Crippen LogP contribution >= 0.6 is 34.8 Å². The Balaban J connectivity index is 1.28. The number of piperidine rings is 1. The molecule has 0 amide bonds. The van der Waals surface area contributed by atoms with Gasteiger partial charge in [0.1, 0.15) is 11.3 Å². The molecule has 0 aliphatic carbocycles. The lowest BCUT2D eigenvalue weighted by Gasteiger charge is -2.43. The van der Waals surface area contributed by atoms with Gasteiger partial charge in [0.15, 0.2) is 5.82 Å². The van der Waals surface area contributed by atoms with Crippen molar-refractivity contribution >= 4 is 80.4 Å². The van der Waals surface area contributed by atoms with Crippen molar-refractivity contribution in [1.29, 1.82) is 0 Å². The lowest BCUT2D eigenvalue weighted by molar-refractivity contribution is 0.0982. The average molecular weight is 783 g/mol. The smallest absolute Gasteiger partial charge is 0.231 e. The Labute approximate surface area is 303 Å². The number of aryl methyl sites for hydroxylation is 2. The molecule has 4 aromatic rings. The van der Waals surface area contributed by atoms with Crippen LogP contribution in [0.1, 0.15) is 30.9 Å². The molecule has 2 saturated heterocycles. The molecule has 0 atom stereocenters. The Bertz CT molecular complexity index is 1730. The normalized spacial score (nSPS) is 16.4. The Morgan fingerprint density at radius 2 is 1.71 bits per heavy atom. The maximum absolute atomic E-state index is 6.04. The number of likely N-dealkylation sites (N-methyl/N-ethyl adjacent to an activating group) is 1. The summed E-state index contributed by atoms with van der Waals surface area (Å²) >= 11 is 3.97. The predicted octanol–water partition coefficient (Wildman–Crippen LogP) is 6.49. The number of aromatic nitrogens is 4. The van der Waals surface area contributed by atoms with Gasteiger partial charge in [0.25, 0.3) is 0 Å². The van der Waals surface area contributed by atoms with Crippen molar-refractivity contribution in [3.05, 3.63) is 54.0 Å². The summed E-state index contributed by atoms with van der Waals surface area (Å²) in [4.78, 5) is 28.9. The van der Waals surface area contributed by atoms with Gasteiger partial charge in [-0.3, -0.25) is 18.0 Å². The number of methoxy groups -OCH3 is 1. The van der Waals surface area contributed by atoms with Crippen molar-refractivity contribution in [2.75, 3.05) is 91.0 Å². The van der Waals surface area contributed by atoms with E-state index in [0.29, 0.717) is 12.0 Å². The second-order valence-electron chi connectivity index (χ2n) is 12.6. The molecule has 4 heterocycles. The fourth-order valence-electron chi connectivity index (χ4n) is 6.84. The monoisotopic (exact) mass is 782 g/mol. The molecule has 0 spiro atoms. The Kier molecular flexibility index (Phi) is 11.0. The lowest BCUT2D eigenvalue weighted by atomic mass is 9.99. The molecular weight excluding hydrogens is 735 g/mol. The standard InChI is InChI=1S/C35H47IN10OS/c1-8-25-21-30(31(47-6)22-29(25)45-15-11-26(12-16-45)44-19-17-41(3)18-20-44)42(4)35-39-23-24(2)34(40-35)46(36)28-10-9-27-32(38-14-13-37-27)33(28)43(5)48-7/h9-10,13-14,21-23,26H,8,11-12,15-20H2,1-7H3. The number of anilines is 6. The van der Waals surface area contributed by atoms with E-state index < -0.39 is 0 Å². The van der Waals surface area contributed by atoms with Crippen LogP contribution in [0.25, 0.3) is 11.0 Å². The number of ether oxygens (including phenoxy) is 1. The number of rotatable bonds is 10. The molecule has 2 fully saturated rings. The quantitative estimate of drug-likeness (QED) is 0.100. The van der Waals surface area contributed by atoms with Gasteiger partial charge in [-0.1, -0.05) is 18.9 Å². The van der Waals surface area contributed by atoms with Gasteiger partial charge in [0, 0.05) is 102 Å². The molecule has 2 aromatic heterocycles. The largest absolute Gasteiger partial charge is 0.494 e. The third-order valence-electron chi connectivity index (χ3n) is 9.79. The van der Waals surface area contributed by atoms with E-state index in [9.17, 15) is 0 Å². The summed E-state index contributed by atoms with van der Waals surface area (Å²) in [5, 5.41) is 0. The summed E-state index contributed by atoms with van der Waals surface area (Å²) in [5.74, 6) is 2.22. The number of piperazine rings is 1. The predicted molar refractivity (Wildman–Crippen MR) is 209 cm³/mol. The summed E-state index contributed by atoms with van der Waals surface area (Å²) in [6.45, 7) is 11.1. The van der Waals surface area contributed by atoms with E-state index >= 15 is 0 Å². The minimum atomic E-state index is 0.596. The highest BCUT2D eigenvalue weighted by atomic mass is 127.